The van der Waals surface area contributed by atoms with Crippen LogP contribution in [0.25, 0.3) is 0 Å². The molecule has 0 aliphatic heterocycles. The van der Waals surface area contributed by atoms with Crippen molar-refractivity contribution in [1.82, 2.24) is 10.2 Å². The van der Waals surface area contributed by atoms with Gasteiger partial charge in [-0.05, 0) is 13.8 Å². The number of nitrogens with one attached hydrogen (secondary N) is 2. The molecule has 5 nitrogen and oxygen atoms in total. The van der Waals surface area contributed by atoms with Gasteiger partial charge in [-0.2, -0.15) is 5.10 Å². The molecule has 1 heterocycles. The van der Waals surface area contributed by atoms with Gasteiger partial charge in [-0.25, -0.2) is 0 Å². The van der Waals surface area contributed by atoms with Crippen molar-refractivity contribution in [3.05, 3.63) is 11.8 Å². The molecule has 0 saturated heterocycles. The van der Waals surface area contributed by atoms with E-state index >= 15 is 0 Å². The number of anilines is 1. The quantitative estimate of drug-likeness (QED) is 0.672. The van der Waals surface area contributed by atoms with Crippen molar-refractivity contribution in [3.63, 3.8) is 0 Å². The van der Waals surface area contributed by atoms with Crippen LogP contribution in [0.1, 0.15) is 18.9 Å². The van der Waals surface area contributed by atoms with E-state index in [2.05, 4.69) is 15.5 Å². The smallest absolute Gasteiger partial charge is 0.232 e. The third kappa shape index (κ3) is 2.70. The van der Waals surface area contributed by atoms with E-state index in [9.17, 15) is 9.59 Å². The topological polar surface area (TPSA) is 74.8 Å². The Labute approximate surface area is 75.5 Å². The fourth-order valence-corrected chi connectivity index (χ4v) is 0.883. The second kappa shape index (κ2) is 3.84. The van der Waals surface area contributed by atoms with Crippen molar-refractivity contribution in [3.8, 4) is 0 Å². The lowest BCUT2D eigenvalue weighted by atomic mass is 10.3. The summed E-state index contributed by atoms with van der Waals surface area (Å²) in [6, 6.07) is 0. The first kappa shape index (κ1) is 9.44. The number of aryl methyl sites for hydroxylation is 1. The molecule has 0 bridgehead atoms. The maximum Gasteiger partial charge on any atom is 0.232 e. The number of hydrogen-bond donors (Lipinski definition) is 2. The van der Waals surface area contributed by atoms with Crippen molar-refractivity contribution in [2.45, 2.75) is 20.3 Å². The number of rotatable bonds is 3. The van der Waals surface area contributed by atoms with Crippen LogP contribution in [0.15, 0.2) is 6.20 Å². The van der Waals surface area contributed by atoms with Crippen LogP contribution < -0.4 is 5.32 Å². The lowest BCUT2D eigenvalue weighted by Crippen LogP contribution is -2.15. The minimum Gasteiger partial charge on any atom is -0.310 e. The summed E-state index contributed by atoms with van der Waals surface area (Å²) in [5.41, 5.74) is 0.844. The predicted octanol–water partition coefficient (Wildman–Crippen LogP) is 0.636. The van der Waals surface area contributed by atoms with Gasteiger partial charge in [0.25, 0.3) is 0 Å². The molecule has 0 spiro atoms. The minimum atomic E-state index is -0.320. The van der Waals surface area contributed by atoms with Crippen LogP contribution in [-0.4, -0.2) is 21.9 Å². The van der Waals surface area contributed by atoms with Gasteiger partial charge < -0.3 is 5.32 Å². The first-order chi connectivity index (χ1) is 6.09. The van der Waals surface area contributed by atoms with E-state index in [4.69, 9.17) is 0 Å². The summed E-state index contributed by atoms with van der Waals surface area (Å²) in [4.78, 5) is 21.7. The van der Waals surface area contributed by atoms with E-state index in [1.54, 1.807) is 6.20 Å². The molecular formula is C8H11N3O2. The van der Waals surface area contributed by atoms with E-state index < -0.39 is 0 Å². The largest absolute Gasteiger partial charge is 0.310 e. The van der Waals surface area contributed by atoms with E-state index in [1.165, 1.54) is 6.92 Å². The maximum atomic E-state index is 11.1. The molecule has 0 aliphatic rings. The third-order valence-corrected chi connectivity index (χ3v) is 1.50. The molecular weight excluding hydrogens is 170 g/mol. The van der Waals surface area contributed by atoms with Gasteiger partial charge in [0.1, 0.15) is 11.6 Å². The molecule has 0 unspecified atom stereocenters. The zero-order valence-electron chi connectivity index (χ0n) is 7.55. The highest BCUT2D eigenvalue weighted by molar-refractivity contribution is 6.03. The Morgan fingerprint density at radius 1 is 1.62 bits per heavy atom. The van der Waals surface area contributed by atoms with Crippen molar-refractivity contribution in [2.75, 3.05) is 5.32 Å². The van der Waals surface area contributed by atoms with Crippen LogP contribution in [-0.2, 0) is 9.59 Å². The van der Waals surface area contributed by atoms with Crippen LogP contribution in [0.2, 0.25) is 0 Å². The number of carbonyl (C=O) groups is 2. The number of aromatic amines is 1. The Bertz CT molecular complexity index is 330. The highest BCUT2D eigenvalue weighted by atomic mass is 16.2. The summed E-state index contributed by atoms with van der Waals surface area (Å²) in [6.45, 7) is 3.19. The first-order valence-electron chi connectivity index (χ1n) is 3.89. The molecule has 0 aliphatic carbocycles. The minimum absolute atomic E-state index is 0.0988. The molecule has 0 atom stereocenters. The van der Waals surface area contributed by atoms with Gasteiger partial charge in [-0.15, -0.1) is 0 Å². The molecule has 0 radical (unpaired) electrons. The summed E-state index contributed by atoms with van der Waals surface area (Å²) in [5, 5.41) is 8.89. The monoisotopic (exact) mass is 181 g/mol. The molecule has 1 amide bonds. The summed E-state index contributed by atoms with van der Waals surface area (Å²) in [5.74, 6) is 0.0702. The fourth-order valence-electron chi connectivity index (χ4n) is 0.883. The summed E-state index contributed by atoms with van der Waals surface area (Å²) in [6.07, 6.45) is 1.50. The van der Waals surface area contributed by atoms with Crippen LogP contribution in [0.4, 0.5) is 5.82 Å². The van der Waals surface area contributed by atoms with E-state index in [0.29, 0.717) is 5.82 Å². The lowest BCUT2D eigenvalue weighted by molar-refractivity contribution is -0.124. The molecule has 1 aromatic heterocycles. The molecule has 70 valence electrons. The number of hydrogen-bond acceptors (Lipinski definition) is 3. The van der Waals surface area contributed by atoms with Gasteiger partial charge >= 0.3 is 0 Å². The maximum absolute atomic E-state index is 11.1. The highest BCUT2D eigenvalue weighted by Gasteiger charge is 2.07. The van der Waals surface area contributed by atoms with E-state index in [0.717, 1.165) is 5.56 Å². The summed E-state index contributed by atoms with van der Waals surface area (Å²) < 4.78 is 0. The van der Waals surface area contributed by atoms with Gasteiger partial charge in [0.05, 0.1) is 12.6 Å². The molecule has 1 aromatic rings. The number of aromatic nitrogens is 2. The standard InChI is InChI=1S/C8H11N3O2/c1-5-4-9-11-8(5)10-7(13)3-6(2)12/h4H,3H2,1-2H3,(H2,9,10,11,13). The van der Waals surface area contributed by atoms with Crippen molar-refractivity contribution in [1.29, 1.82) is 0 Å². The van der Waals surface area contributed by atoms with Gasteiger partial charge in [0.15, 0.2) is 0 Å². The highest BCUT2D eigenvalue weighted by Crippen LogP contribution is 2.08. The SMILES string of the molecule is CC(=O)CC(=O)Nc1[nH]ncc1C. The average Bonchev–Trinajstić information content (AvgIpc) is 2.34. The second-order valence-electron chi connectivity index (χ2n) is 2.85. The van der Waals surface area contributed by atoms with Crippen LogP contribution in [0.5, 0.6) is 0 Å². The van der Waals surface area contributed by atoms with E-state index in [-0.39, 0.29) is 18.1 Å². The fraction of sp³-hybridized carbons (Fsp3) is 0.375. The number of carbonyl (C=O) groups excluding carboxylic acids is 2. The molecule has 2 N–H and O–H groups in total. The Morgan fingerprint density at radius 2 is 2.31 bits per heavy atom. The second-order valence-corrected chi connectivity index (χ2v) is 2.85. The predicted molar refractivity (Wildman–Crippen MR) is 47.3 cm³/mol. The van der Waals surface area contributed by atoms with Crippen LogP contribution in [0.3, 0.4) is 0 Å². The molecule has 13 heavy (non-hydrogen) atoms. The molecule has 0 aromatic carbocycles. The number of H-pyrrole nitrogens is 1. The molecule has 0 saturated carbocycles. The number of Topliss-reactive ketones (excluding diaryl/α,β-unsaturated/α-hetero) is 1. The van der Waals surface area contributed by atoms with Gasteiger partial charge in [-0.3, -0.25) is 14.7 Å². The van der Waals surface area contributed by atoms with Crippen LogP contribution >= 0.6 is 0 Å². The van der Waals surface area contributed by atoms with Crippen molar-refractivity contribution >= 4 is 17.5 Å². The Morgan fingerprint density at radius 3 is 2.77 bits per heavy atom. The zero-order valence-corrected chi connectivity index (χ0v) is 7.55. The molecule has 5 heteroatoms. The van der Waals surface area contributed by atoms with Crippen molar-refractivity contribution < 1.29 is 9.59 Å². The Hall–Kier alpha value is -1.65. The Balaban J connectivity index is 2.55. The van der Waals surface area contributed by atoms with Gasteiger partial charge in [0, 0.05) is 5.56 Å². The number of amides is 1. The lowest BCUT2D eigenvalue weighted by Gasteiger charge is -2.00. The van der Waals surface area contributed by atoms with Gasteiger partial charge in [0.2, 0.25) is 5.91 Å². The summed E-state index contributed by atoms with van der Waals surface area (Å²) in [7, 11) is 0. The van der Waals surface area contributed by atoms with Crippen LogP contribution in [0, 0.1) is 6.92 Å². The number of ketones is 1. The van der Waals surface area contributed by atoms with E-state index in [1.807, 2.05) is 6.92 Å². The molecule has 0 fully saturated rings. The number of nitrogens with zero attached hydrogens (tertiary/aromatic N) is 1. The summed E-state index contributed by atoms with van der Waals surface area (Å²) >= 11 is 0. The third-order valence-electron chi connectivity index (χ3n) is 1.50. The average molecular weight is 181 g/mol. The zero-order chi connectivity index (χ0) is 9.84. The first-order valence-corrected chi connectivity index (χ1v) is 3.89. The molecule has 1 rings (SSSR count). The normalized spacial score (nSPS) is 9.69. The Kier molecular flexibility index (Phi) is 2.79. The van der Waals surface area contributed by atoms with Crippen molar-refractivity contribution in [2.24, 2.45) is 0 Å². The van der Waals surface area contributed by atoms with Gasteiger partial charge in [-0.1, -0.05) is 0 Å².